The van der Waals surface area contributed by atoms with E-state index in [0.717, 1.165) is 22.3 Å². The van der Waals surface area contributed by atoms with E-state index in [0.29, 0.717) is 26.3 Å². The van der Waals surface area contributed by atoms with Gasteiger partial charge < -0.3 is 20.4 Å². The van der Waals surface area contributed by atoms with Crippen LogP contribution >= 0.6 is 47.8 Å². The van der Waals surface area contributed by atoms with E-state index in [1.807, 2.05) is 0 Å². The minimum atomic E-state index is -0.595. The van der Waals surface area contributed by atoms with E-state index in [9.17, 15) is 20.4 Å². The van der Waals surface area contributed by atoms with Crippen molar-refractivity contribution in [2.45, 2.75) is 56.8 Å². The van der Waals surface area contributed by atoms with E-state index in [1.54, 1.807) is 0 Å². The first-order valence-corrected chi connectivity index (χ1v) is 11.5. The first-order chi connectivity index (χ1) is 13.2. The highest BCUT2D eigenvalue weighted by Gasteiger charge is 2.60. The molecule has 1 unspecified atom stereocenters. The Balaban J connectivity index is 2.23. The highest BCUT2D eigenvalue weighted by atomic mass is 79.9. The van der Waals surface area contributed by atoms with Gasteiger partial charge in [-0.1, -0.05) is 27.7 Å². The quantitative estimate of drug-likeness (QED) is 0.252. The zero-order valence-corrected chi connectivity index (χ0v) is 21.2. The highest BCUT2D eigenvalue weighted by Crippen LogP contribution is 2.68. The van der Waals surface area contributed by atoms with Crippen molar-refractivity contribution >= 4 is 61.1 Å². The van der Waals surface area contributed by atoms with Crippen LogP contribution in [-0.2, 0) is 16.2 Å². The summed E-state index contributed by atoms with van der Waals surface area (Å²) in [6.45, 7) is 8.32. The summed E-state index contributed by atoms with van der Waals surface area (Å²) in [6.07, 6.45) is 1.33. The summed E-state index contributed by atoms with van der Waals surface area (Å²) in [7, 11) is 6.30. The van der Waals surface area contributed by atoms with Crippen molar-refractivity contribution in [1.29, 1.82) is 0 Å². The fourth-order valence-corrected chi connectivity index (χ4v) is 8.29. The lowest BCUT2D eigenvalue weighted by Crippen LogP contribution is -2.27. The Morgan fingerprint density at radius 2 is 0.966 bits per heavy atom. The van der Waals surface area contributed by atoms with Crippen molar-refractivity contribution in [3.05, 3.63) is 35.7 Å². The first-order valence-electron chi connectivity index (χ1n) is 9.16. The smallest absolute Gasteiger partial charge is 0.173 e. The maximum atomic E-state index is 10.6. The second kappa shape index (κ2) is 6.10. The largest absolute Gasteiger partial charge is 0.505 e. The maximum absolute atomic E-state index is 10.6. The summed E-state index contributed by atoms with van der Waals surface area (Å²) in [4.78, 5) is 0. The predicted octanol–water partition coefficient (Wildman–Crippen LogP) is 5.24. The Bertz CT molecular complexity index is 1020. The van der Waals surface area contributed by atoms with Crippen LogP contribution in [0.5, 0.6) is 23.0 Å². The average Bonchev–Trinajstić information content (AvgIpc) is 2.99. The van der Waals surface area contributed by atoms with Crippen molar-refractivity contribution in [3.8, 4) is 23.0 Å². The predicted molar refractivity (Wildman–Crippen MR) is 124 cm³/mol. The average molecular weight is 587 g/mol. The van der Waals surface area contributed by atoms with E-state index < -0.39 is 10.8 Å². The fourth-order valence-electron chi connectivity index (χ4n) is 5.84. The second-order valence-electron chi connectivity index (χ2n) is 9.45. The lowest BCUT2D eigenvalue weighted by molar-refractivity contribution is 0.347. The molecule has 4 N–H and O–H groups in total. The molecule has 0 heterocycles. The summed E-state index contributed by atoms with van der Waals surface area (Å²) in [6, 6.07) is 0. The van der Waals surface area contributed by atoms with Crippen molar-refractivity contribution in [2.75, 3.05) is 0 Å². The molecule has 0 saturated heterocycles. The monoisotopic (exact) mass is 584 g/mol. The molecule has 0 amide bonds. The van der Waals surface area contributed by atoms with Crippen LogP contribution in [0.15, 0.2) is 13.4 Å². The Kier molecular flexibility index (Phi) is 4.50. The normalized spacial score (nSPS) is 23.4. The van der Waals surface area contributed by atoms with Gasteiger partial charge in [-0.15, -0.1) is 0 Å². The Morgan fingerprint density at radius 1 is 0.621 bits per heavy atom. The van der Waals surface area contributed by atoms with Crippen LogP contribution < -0.4 is 5.46 Å². The Morgan fingerprint density at radius 3 is 1.45 bits per heavy atom. The van der Waals surface area contributed by atoms with E-state index in [4.69, 9.17) is 7.85 Å². The molecule has 0 fully saturated rings. The van der Waals surface area contributed by atoms with Gasteiger partial charge in [0, 0.05) is 5.41 Å². The summed E-state index contributed by atoms with van der Waals surface area (Å²) in [5.74, 6) is -1.05. The van der Waals surface area contributed by atoms with Gasteiger partial charge >= 0.3 is 0 Å². The van der Waals surface area contributed by atoms with Crippen molar-refractivity contribution in [1.82, 2.24) is 0 Å². The number of phenolic OH excluding ortho intramolecular Hbond substituents is 4. The Labute approximate surface area is 196 Å². The molecule has 0 aliphatic heterocycles. The molecule has 4 rings (SSSR count). The number of fused-ring (bicyclic) bond motifs is 4. The minimum Gasteiger partial charge on any atom is -0.505 e. The van der Waals surface area contributed by atoms with Crippen LogP contribution in [0.3, 0.4) is 0 Å². The zero-order valence-electron chi connectivity index (χ0n) is 16.4. The van der Waals surface area contributed by atoms with Gasteiger partial charge in [-0.3, -0.25) is 0 Å². The van der Waals surface area contributed by atoms with E-state index in [-0.39, 0.29) is 33.9 Å². The number of aromatic hydroxyl groups is 4. The summed E-state index contributed by atoms with van der Waals surface area (Å²) in [5, 5.41) is 42.1. The van der Waals surface area contributed by atoms with E-state index >= 15 is 0 Å². The SMILES string of the molecule is [B]c1c(O)c(O)c(Br)c2c1C(C)(C)CC21CC(C)(C)c2c(Br)c(O)c(O)c(Br)c21. The number of benzene rings is 2. The lowest BCUT2D eigenvalue weighted by Gasteiger charge is -2.32. The minimum absolute atomic E-state index is 0.173. The summed E-state index contributed by atoms with van der Waals surface area (Å²) in [5.41, 5.74) is 2.21. The third-order valence-electron chi connectivity index (χ3n) is 6.55. The lowest BCUT2D eigenvalue weighted by atomic mass is 9.72. The third kappa shape index (κ3) is 2.48. The third-order valence-corrected chi connectivity index (χ3v) is 8.87. The molecule has 2 aromatic carbocycles. The van der Waals surface area contributed by atoms with E-state index in [2.05, 4.69) is 75.5 Å². The Hall–Kier alpha value is -0.855. The van der Waals surface area contributed by atoms with Gasteiger partial charge in [0.25, 0.3) is 0 Å². The molecule has 4 nitrogen and oxygen atoms in total. The number of halogens is 3. The van der Waals surface area contributed by atoms with Crippen LogP contribution in [0.1, 0.15) is 62.8 Å². The van der Waals surface area contributed by atoms with Crippen molar-refractivity contribution in [3.63, 3.8) is 0 Å². The molecule has 8 heteroatoms. The van der Waals surface area contributed by atoms with Crippen molar-refractivity contribution < 1.29 is 20.4 Å². The molecule has 0 aromatic heterocycles. The molecule has 29 heavy (non-hydrogen) atoms. The molecule has 2 aromatic rings. The number of rotatable bonds is 0. The van der Waals surface area contributed by atoms with Gasteiger partial charge in [-0.25, -0.2) is 0 Å². The van der Waals surface area contributed by atoms with Crippen LogP contribution in [0.25, 0.3) is 0 Å². The van der Waals surface area contributed by atoms with Gasteiger partial charge in [0.15, 0.2) is 23.0 Å². The number of phenols is 4. The van der Waals surface area contributed by atoms with Gasteiger partial charge in [-0.05, 0) is 99.2 Å². The summed E-state index contributed by atoms with van der Waals surface area (Å²) < 4.78 is 1.30. The summed E-state index contributed by atoms with van der Waals surface area (Å²) >= 11 is 10.5. The molecule has 2 radical (unpaired) electrons. The molecule has 2 aliphatic rings. The van der Waals surface area contributed by atoms with Crippen LogP contribution in [0.4, 0.5) is 0 Å². The molecule has 1 atom stereocenters. The second-order valence-corrected chi connectivity index (χ2v) is 11.8. The molecular weight excluding hydrogens is 567 g/mol. The molecule has 1 spiro atoms. The van der Waals surface area contributed by atoms with Gasteiger partial charge in [0.2, 0.25) is 0 Å². The van der Waals surface area contributed by atoms with Gasteiger partial charge in [-0.2, -0.15) is 0 Å². The van der Waals surface area contributed by atoms with Crippen LogP contribution in [0.2, 0.25) is 0 Å². The first kappa shape index (κ1) is 21.4. The highest BCUT2D eigenvalue weighted by molar-refractivity contribution is 9.11. The van der Waals surface area contributed by atoms with E-state index in [1.165, 1.54) is 0 Å². The van der Waals surface area contributed by atoms with Crippen molar-refractivity contribution in [2.24, 2.45) is 0 Å². The molecule has 2 aliphatic carbocycles. The van der Waals surface area contributed by atoms with Gasteiger partial charge in [0.1, 0.15) is 7.85 Å². The molecule has 0 saturated carbocycles. The van der Waals surface area contributed by atoms with Gasteiger partial charge in [0.05, 0.1) is 13.4 Å². The number of hydrogen-bond acceptors (Lipinski definition) is 4. The number of hydrogen-bond donors (Lipinski definition) is 4. The molecular formula is C21H20BBr3O4. The van der Waals surface area contributed by atoms with Crippen LogP contribution in [-0.4, -0.2) is 28.3 Å². The topological polar surface area (TPSA) is 80.9 Å². The van der Waals surface area contributed by atoms with Crippen LogP contribution in [0, 0.1) is 0 Å². The fraction of sp³-hybridized carbons (Fsp3) is 0.429. The standard InChI is InChI=1S/C21H20BBr3O4/c1-19(2)5-21(9-7(19)11(22)15(26)16(27)13(9)24)6-20(3,4)8-10(21)14(25)18(29)17(28)12(8)23/h26-29H,5-6H2,1-4H3. The maximum Gasteiger partial charge on any atom is 0.173 e. The zero-order chi connectivity index (χ0) is 21.8. The molecule has 0 bridgehead atoms. The molecule has 152 valence electrons.